The third-order valence-electron chi connectivity index (χ3n) is 3.61. The summed E-state index contributed by atoms with van der Waals surface area (Å²) in [4.78, 5) is 18.8. The molecule has 0 unspecified atom stereocenters. The van der Waals surface area contributed by atoms with Crippen molar-refractivity contribution in [1.29, 1.82) is 0 Å². The van der Waals surface area contributed by atoms with Gasteiger partial charge in [0, 0.05) is 18.3 Å². The van der Waals surface area contributed by atoms with Gasteiger partial charge in [0.25, 0.3) is 0 Å². The number of hydrogen-bond donors (Lipinski definition) is 0. The van der Waals surface area contributed by atoms with Crippen molar-refractivity contribution in [3.05, 3.63) is 65.5 Å². The highest BCUT2D eigenvalue weighted by molar-refractivity contribution is 5.97. The average molecular weight is 282 g/mol. The van der Waals surface area contributed by atoms with Gasteiger partial charge < -0.3 is 0 Å². The first-order valence-electron chi connectivity index (χ1n) is 7.47. The Balaban J connectivity index is 1.98. The number of Topliss-reactive ketones (excluding diaryl/α,β-unsaturated/α-hetero) is 1. The second-order valence-corrected chi connectivity index (χ2v) is 5.10. The summed E-state index contributed by atoms with van der Waals surface area (Å²) in [6.07, 6.45) is 2.78. The van der Waals surface area contributed by atoms with Crippen molar-refractivity contribution in [3.63, 3.8) is 0 Å². The van der Waals surface area contributed by atoms with Gasteiger partial charge in [0.1, 0.15) is 0 Å². The summed E-state index contributed by atoms with van der Waals surface area (Å²) in [5.41, 5.74) is 3.03. The number of aromatic nitrogens is 1. The van der Waals surface area contributed by atoms with Crippen molar-refractivity contribution in [1.82, 2.24) is 9.88 Å². The van der Waals surface area contributed by atoms with Crippen LogP contribution in [-0.4, -0.2) is 28.8 Å². The highest BCUT2D eigenvalue weighted by atomic mass is 16.1. The molecule has 3 nitrogen and oxygen atoms in total. The zero-order chi connectivity index (χ0) is 15.1. The summed E-state index contributed by atoms with van der Waals surface area (Å²) in [5.74, 6) is 0.162. The maximum Gasteiger partial charge on any atom is 0.176 e. The lowest BCUT2D eigenvalue weighted by molar-refractivity contribution is 0.0929. The standard InChI is InChI=1S/C18H22N2O/c1-3-15-8-10-16(11-9-15)18(21)14-20(4-2)13-17-7-5-6-12-19-17/h5-12H,3-4,13-14H2,1-2H3. The molecule has 1 heterocycles. The highest BCUT2D eigenvalue weighted by Gasteiger charge is 2.12. The Morgan fingerprint density at radius 2 is 1.86 bits per heavy atom. The molecule has 3 heteroatoms. The Labute approximate surface area is 126 Å². The van der Waals surface area contributed by atoms with Crippen LogP contribution >= 0.6 is 0 Å². The van der Waals surface area contributed by atoms with Gasteiger partial charge in [-0.05, 0) is 30.7 Å². The van der Waals surface area contributed by atoms with Crippen molar-refractivity contribution < 1.29 is 4.79 Å². The predicted octanol–water partition coefficient (Wildman–Crippen LogP) is 3.35. The molecule has 0 amide bonds. The molecule has 0 fully saturated rings. The normalized spacial score (nSPS) is 10.8. The number of nitrogens with zero attached hydrogens (tertiary/aromatic N) is 2. The lowest BCUT2D eigenvalue weighted by Gasteiger charge is -2.19. The van der Waals surface area contributed by atoms with Crippen molar-refractivity contribution >= 4 is 5.78 Å². The molecule has 0 aliphatic carbocycles. The molecule has 0 bridgehead atoms. The Bertz CT molecular complexity index is 564. The number of aryl methyl sites for hydroxylation is 1. The molecule has 2 rings (SSSR count). The Hall–Kier alpha value is -2.00. The molecule has 0 atom stereocenters. The lowest BCUT2D eigenvalue weighted by atomic mass is 10.1. The molecule has 0 aliphatic heterocycles. The van der Waals surface area contributed by atoms with Gasteiger partial charge in [-0.25, -0.2) is 0 Å². The zero-order valence-corrected chi connectivity index (χ0v) is 12.7. The Kier molecular flexibility index (Phi) is 5.64. The quantitative estimate of drug-likeness (QED) is 0.730. The molecule has 21 heavy (non-hydrogen) atoms. The first-order valence-corrected chi connectivity index (χ1v) is 7.47. The van der Waals surface area contributed by atoms with Gasteiger partial charge >= 0.3 is 0 Å². The van der Waals surface area contributed by atoms with E-state index >= 15 is 0 Å². The van der Waals surface area contributed by atoms with Crippen LogP contribution in [0, 0.1) is 0 Å². The van der Waals surface area contributed by atoms with E-state index in [1.54, 1.807) is 6.20 Å². The maximum atomic E-state index is 12.3. The third kappa shape index (κ3) is 4.50. The Morgan fingerprint density at radius 3 is 2.43 bits per heavy atom. The largest absolute Gasteiger partial charge is 0.293 e. The van der Waals surface area contributed by atoms with Gasteiger partial charge in [0.2, 0.25) is 0 Å². The second kappa shape index (κ2) is 7.70. The van der Waals surface area contributed by atoms with Crippen molar-refractivity contribution in [2.45, 2.75) is 26.8 Å². The van der Waals surface area contributed by atoms with Gasteiger partial charge in [-0.2, -0.15) is 0 Å². The predicted molar refractivity (Wildman–Crippen MR) is 85.3 cm³/mol. The molecule has 0 saturated heterocycles. The molecular formula is C18H22N2O. The summed E-state index contributed by atoms with van der Waals surface area (Å²) in [6.45, 7) is 6.14. The first kappa shape index (κ1) is 15.4. The lowest BCUT2D eigenvalue weighted by Crippen LogP contribution is -2.29. The van der Waals surface area contributed by atoms with Crippen LogP contribution < -0.4 is 0 Å². The van der Waals surface area contributed by atoms with E-state index in [2.05, 4.69) is 23.7 Å². The minimum Gasteiger partial charge on any atom is -0.293 e. The van der Waals surface area contributed by atoms with E-state index in [9.17, 15) is 4.79 Å². The highest BCUT2D eigenvalue weighted by Crippen LogP contribution is 2.08. The molecule has 0 spiro atoms. The fourth-order valence-electron chi connectivity index (χ4n) is 2.22. The minimum absolute atomic E-state index is 0.162. The number of benzene rings is 1. The SMILES string of the molecule is CCc1ccc(C(=O)CN(CC)Cc2ccccn2)cc1. The van der Waals surface area contributed by atoms with Crippen molar-refractivity contribution in [2.24, 2.45) is 0 Å². The van der Waals surface area contributed by atoms with Gasteiger partial charge in [-0.1, -0.05) is 44.2 Å². The minimum atomic E-state index is 0.162. The molecule has 0 aliphatic rings. The number of pyridine rings is 1. The van der Waals surface area contributed by atoms with Gasteiger partial charge in [-0.3, -0.25) is 14.7 Å². The van der Waals surface area contributed by atoms with Crippen LogP contribution in [0.1, 0.15) is 35.5 Å². The first-order chi connectivity index (χ1) is 10.2. The van der Waals surface area contributed by atoms with Gasteiger partial charge in [0.05, 0.1) is 12.2 Å². The van der Waals surface area contributed by atoms with Crippen LogP contribution in [-0.2, 0) is 13.0 Å². The summed E-state index contributed by atoms with van der Waals surface area (Å²) >= 11 is 0. The summed E-state index contributed by atoms with van der Waals surface area (Å²) in [5, 5.41) is 0. The molecule has 1 aromatic carbocycles. The zero-order valence-electron chi connectivity index (χ0n) is 12.7. The van der Waals surface area contributed by atoms with Crippen molar-refractivity contribution in [2.75, 3.05) is 13.1 Å². The fourth-order valence-corrected chi connectivity index (χ4v) is 2.22. The van der Waals surface area contributed by atoms with Crippen LogP contribution in [0.4, 0.5) is 0 Å². The van der Waals surface area contributed by atoms with Crippen LogP contribution in [0.15, 0.2) is 48.7 Å². The molecule has 0 N–H and O–H groups in total. The van der Waals surface area contributed by atoms with E-state index in [1.807, 2.05) is 42.5 Å². The number of hydrogen-bond acceptors (Lipinski definition) is 3. The Morgan fingerprint density at radius 1 is 1.10 bits per heavy atom. The number of ketones is 1. The van der Waals surface area contributed by atoms with E-state index in [1.165, 1.54) is 5.56 Å². The summed E-state index contributed by atoms with van der Waals surface area (Å²) in [6, 6.07) is 13.8. The number of likely N-dealkylation sites (N-methyl/N-ethyl adjacent to an activating group) is 1. The fraction of sp³-hybridized carbons (Fsp3) is 0.333. The van der Waals surface area contributed by atoms with E-state index in [0.29, 0.717) is 13.1 Å². The van der Waals surface area contributed by atoms with Crippen molar-refractivity contribution in [3.8, 4) is 0 Å². The third-order valence-corrected chi connectivity index (χ3v) is 3.61. The van der Waals surface area contributed by atoms with Crippen LogP contribution in [0.25, 0.3) is 0 Å². The van der Waals surface area contributed by atoms with E-state index in [0.717, 1.165) is 24.2 Å². The molecule has 1 aromatic heterocycles. The van der Waals surface area contributed by atoms with Gasteiger partial charge in [0.15, 0.2) is 5.78 Å². The van der Waals surface area contributed by atoms with Crippen LogP contribution in [0.3, 0.4) is 0 Å². The topological polar surface area (TPSA) is 33.2 Å². The van der Waals surface area contributed by atoms with E-state index in [4.69, 9.17) is 0 Å². The molecule has 0 radical (unpaired) electrons. The molecular weight excluding hydrogens is 260 g/mol. The number of carbonyl (C=O) groups is 1. The molecule has 0 saturated carbocycles. The smallest absolute Gasteiger partial charge is 0.176 e. The van der Waals surface area contributed by atoms with Crippen LogP contribution in [0.2, 0.25) is 0 Å². The molecule has 110 valence electrons. The summed E-state index contributed by atoms with van der Waals surface area (Å²) in [7, 11) is 0. The monoisotopic (exact) mass is 282 g/mol. The summed E-state index contributed by atoms with van der Waals surface area (Å²) < 4.78 is 0. The number of carbonyl (C=O) groups excluding carboxylic acids is 1. The van der Waals surface area contributed by atoms with E-state index in [-0.39, 0.29) is 5.78 Å². The van der Waals surface area contributed by atoms with Gasteiger partial charge in [-0.15, -0.1) is 0 Å². The molecule has 2 aromatic rings. The van der Waals surface area contributed by atoms with Crippen LogP contribution in [0.5, 0.6) is 0 Å². The second-order valence-electron chi connectivity index (χ2n) is 5.10. The maximum absolute atomic E-state index is 12.3. The number of rotatable bonds is 7. The average Bonchev–Trinajstić information content (AvgIpc) is 2.55. The van der Waals surface area contributed by atoms with E-state index < -0.39 is 0 Å².